The molecule has 1 fully saturated rings. The van der Waals surface area contributed by atoms with Crippen molar-refractivity contribution in [2.24, 2.45) is 5.41 Å². The Bertz CT molecular complexity index is 1600. The van der Waals surface area contributed by atoms with Crippen molar-refractivity contribution in [3.05, 3.63) is 84.5 Å². The highest BCUT2D eigenvalue weighted by Crippen LogP contribution is 2.34. The number of carbonyl (C=O) groups excluding carboxylic acids is 1. The summed E-state index contributed by atoms with van der Waals surface area (Å²) in [6, 6.07) is 19.2. The van der Waals surface area contributed by atoms with E-state index < -0.39 is 0 Å². The first-order valence-corrected chi connectivity index (χ1v) is 13.2. The minimum absolute atomic E-state index is 0.163. The molecule has 0 spiro atoms. The second-order valence-corrected chi connectivity index (χ2v) is 11.1. The van der Waals surface area contributed by atoms with Crippen molar-refractivity contribution < 1.29 is 9.53 Å². The lowest BCUT2D eigenvalue weighted by atomic mass is 9.93. The van der Waals surface area contributed by atoms with Crippen molar-refractivity contribution in [3.63, 3.8) is 0 Å². The van der Waals surface area contributed by atoms with Gasteiger partial charge in [-0.3, -0.25) is 14.1 Å². The minimum Gasteiger partial charge on any atom is -0.457 e. The maximum absolute atomic E-state index is 13.3. The molecule has 5 rings (SSSR count). The summed E-state index contributed by atoms with van der Waals surface area (Å²) in [5, 5.41) is 9.71. The molecule has 1 aliphatic rings. The van der Waals surface area contributed by atoms with Gasteiger partial charge in [-0.25, -0.2) is 9.97 Å². The first kappa shape index (κ1) is 26.9. The number of amides is 1. The van der Waals surface area contributed by atoms with Gasteiger partial charge in [-0.05, 0) is 48.9 Å². The van der Waals surface area contributed by atoms with Crippen LogP contribution in [0.4, 0.5) is 5.82 Å². The fourth-order valence-electron chi connectivity index (χ4n) is 4.91. The summed E-state index contributed by atoms with van der Waals surface area (Å²) >= 11 is 0. The lowest BCUT2D eigenvalue weighted by Gasteiger charge is -2.38. The van der Waals surface area contributed by atoms with Gasteiger partial charge in [0.1, 0.15) is 46.0 Å². The highest BCUT2D eigenvalue weighted by molar-refractivity contribution is 5.97. The normalized spacial score (nSPS) is 16.6. The van der Waals surface area contributed by atoms with E-state index in [0.717, 1.165) is 17.1 Å². The number of piperazine rings is 1. The fraction of sp³-hybridized carbons (Fsp3) is 0.290. The van der Waals surface area contributed by atoms with Crippen LogP contribution >= 0.6 is 0 Å². The molecule has 9 nitrogen and oxygen atoms in total. The van der Waals surface area contributed by atoms with E-state index in [9.17, 15) is 10.1 Å². The summed E-state index contributed by atoms with van der Waals surface area (Å²) in [5.74, 6) is 2.33. The SMILES string of the molecule is CN1CCN(C(=O)/C(C#N)=C\C(C)(C)C)C[C@@H]1c1nc(-c2ccc(Oc3ccccc3)cc2)c2c(N)nccn12. The Hall–Kier alpha value is -4.68. The molecule has 2 N–H and O–H groups in total. The number of hydrogen-bond acceptors (Lipinski definition) is 7. The number of anilines is 1. The van der Waals surface area contributed by atoms with E-state index in [1.807, 2.05) is 93.0 Å². The number of rotatable bonds is 5. The second-order valence-electron chi connectivity index (χ2n) is 11.1. The first-order chi connectivity index (χ1) is 19.1. The summed E-state index contributed by atoms with van der Waals surface area (Å²) in [6.07, 6.45) is 5.24. The molecule has 1 atom stereocenters. The van der Waals surface area contributed by atoms with Crippen LogP contribution in [0, 0.1) is 16.7 Å². The molecular weight excluding hydrogens is 502 g/mol. The molecule has 2 aromatic heterocycles. The number of para-hydroxylation sites is 1. The molecule has 0 bridgehead atoms. The van der Waals surface area contributed by atoms with Crippen molar-refractivity contribution in [1.82, 2.24) is 24.2 Å². The Morgan fingerprint density at radius 1 is 1.10 bits per heavy atom. The maximum atomic E-state index is 13.3. The molecule has 2 aromatic carbocycles. The zero-order valence-electron chi connectivity index (χ0n) is 23.2. The van der Waals surface area contributed by atoms with Gasteiger partial charge in [0.15, 0.2) is 0 Å². The number of benzene rings is 2. The lowest BCUT2D eigenvalue weighted by Crippen LogP contribution is -2.49. The van der Waals surface area contributed by atoms with Gasteiger partial charge in [0.2, 0.25) is 0 Å². The summed E-state index contributed by atoms with van der Waals surface area (Å²) < 4.78 is 7.91. The van der Waals surface area contributed by atoms with Gasteiger partial charge in [-0.2, -0.15) is 5.26 Å². The number of fused-ring (bicyclic) bond motifs is 1. The number of allylic oxidation sites excluding steroid dienone is 1. The van der Waals surface area contributed by atoms with Crippen LogP contribution in [0.2, 0.25) is 0 Å². The third-order valence-electron chi connectivity index (χ3n) is 6.88. The van der Waals surface area contributed by atoms with Crippen LogP contribution in [0.15, 0.2) is 78.6 Å². The van der Waals surface area contributed by atoms with E-state index in [1.54, 1.807) is 17.2 Å². The fourth-order valence-corrected chi connectivity index (χ4v) is 4.91. The third-order valence-corrected chi connectivity index (χ3v) is 6.88. The van der Waals surface area contributed by atoms with Crippen molar-refractivity contribution in [3.8, 4) is 28.8 Å². The molecule has 9 heteroatoms. The average molecular weight is 536 g/mol. The van der Waals surface area contributed by atoms with Crippen LogP contribution in [-0.4, -0.2) is 56.8 Å². The van der Waals surface area contributed by atoms with Gasteiger partial charge in [-0.1, -0.05) is 45.0 Å². The zero-order chi connectivity index (χ0) is 28.4. The van der Waals surface area contributed by atoms with Crippen molar-refractivity contribution in [2.75, 3.05) is 32.4 Å². The van der Waals surface area contributed by atoms with E-state index >= 15 is 0 Å². The van der Waals surface area contributed by atoms with Crippen molar-refractivity contribution >= 4 is 17.2 Å². The summed E-state index contributed by atoms with van der Waals surface area (Å²) in [5.41, 5.74) is 8.53. The van der Waals surface area contributed by atoms with Crippen LogP contribution in [-0.2, 0) is 4.79 Å². The van der Waals surface area contributed by atoms with Crippen LogP contribution in [0.3, 0.4) is 0 Å². The Morgan fingerprint density at radius 3 is 2.48 bits per heavy atom. The Kier molecular flexibility index (Phi) is 7.28. The number of nitrogen functional groups attached to an aromatic ring is 1. The van der Waals surface area contributed by atoms with Gasteiger partial charge in [-0.15, -0.1) is 0 Å². The number of hydrogen-bond donors (Lipinski definition) is 1. The van der Waals surface area contributed by atoms with Crippen LogP contribution in [0.25, 0.3) is 16.8 Å². The average Bonchev–Trinajstić information content (AvgIpc) is 3.33. The van der Waals surface area contributed by atoms with Crippen molar-refractivity contribution in [2.45, 2.75) is 26.8 Å². The summed E-state index contributed by atoms with van der Waals surface area (Å²) in [4.78, 5) is 26.7. The van der Waals surface area contributed by atoms with E-state index in [2.05, 4.69) is 16.0 Å². The second kappa shape index (κ2) is 10.8. The number of likely N-dealkylation sites (N-methyl/N-ethyl adjacent to an activating group) is 1. The van der Waals surface area contributed by atoms with Crippen LogP contribution in [0.5, 0.6) is 11.5 Å². The van der Waals surface area contributed by atoms with Gasteiger partial charge < -0.3 is 15.4 Å². The molecule has 1 saturated heterocycles. The number of aromatic nitrogens is 3. The Labute approximate surface area is 234 Å². The summed E-state index contributed by atoms with van der Waals surface area (Å²) in [6.45, 7) is 7.48. The predicted molar refractivity (Wildman–Crippen MR) is 154 cm³/mol. The monoisotopic (exact) mass is 535 g/mol. The molecular formula is C31H33N7O2. The van der Waals surface area contributed by atoms with E-state index in [0.29, 0.717) is 42.4 Å². The van der Waals surface area contributed by atoms with Crippen LogP contribution < -0.4 is 10.5 Å². The third kappa shape index (κ3) is 5.53. The van der Waals surface area contributed by atoms with Gasteiger partial charge in [0.25, 0.3) is 5.91 Å². The molecule has 204 valence electrons. The number of nitrogens with two attached hydrogens (primary N) is 1. The summed E-state index contributed by atoms with van der Waals surface area (Å²) in [7, 11) is 2.02. The highest BCUT2D eigenvalue weighted by atomic mass is 16.5. The molecule has 0 saturated carbocycles. The van der Waals surface area contributed by atoms with E-state index in [1.165, 1.54) is 0 Å². The number of nitrogens with zero attached hydrogens (tertiary/aromatic N) is 6. The van der Waals surface area contributed by atoms with Crippen LogP contribution in [0.1, 0.15) is 32.6 Å². The Morgan fingerprint density at radius 2 is 1.80 bits per heavy atom. The molecule has 0 aliphatic carbocycles. The number of imidazole rings is 1. The maximum Gasteiger partial charge on any atom is 0.264 e. The molecule has 1 amide bonds. The highest BCUT2D eigenvalue weighted by Gasteiger charge is 2.34. The Balaban J connectivity index is 1.49. The predicted octanol–water partition coefficient (Wildman–Crippen LogP) is 5.08. The van der Waals surface area contributed by atoms with E-state index in [-0.39, 0.29) is 22.9 Å². The number of nitriles is 1. The smallest absolute Gasteiger partial charge is 0.264 e. The van der Waals surface area contributed by atoms with Gasteiger partial charge in [0, 0.05) is 37.6 Å². The number of carbonyl (C=O) groups is 1. The zero-order valence-corrected chi connectivity index (χ0v) is 23.2. The molecule has 0 radical (unpaired) electrons. The van der Waals surface area contributed by atoms with Crippen molar-refractivity contribution in [1.29, 1.82) is 5.26 Å². The molecule has 4 aromatic rings. The van der Waals surface area contributed by atoms with Gasteiger partial charge >= 0.3 is 0 Å². The molecule has 0 unspecified atom stereocenters. The number of ether oxygens (including phenoxy) is 1. The minimum atomic E-state index is -0.285. The quantitative estimate of drug-likeness (QED) is 0.280. The first-order valence-electron chi connectivity index (χ1n) is 13.2. The molecule has 40 heavy (non-hydrogen) atoms. The lowest BCUT2D eigenvalue weighted by molar-refractivity contribution is -0.129. The topological polar surface area (TPSA) is 113 Å². The molecule has 1 aliphatic heterocycles. The largest absolute Gasteiger partial charge is 0.457 e. The standard InChI is InChI=1S/C31H33N7O2/c1-31(2,3)18-22(19-32)30(39)37-17-16-36(4)25(20-37)29-35-26(27-28(33)34-14-15-38(27)29)21-10-12-24(13-11-21)40-23-8-6-5-7-9-23/h5-15,18,25H,16-17,20H2,1-4H3,(H2,33,34)/b22-18-/t25-/m1/s1. The van der Waals surface area contributed by atoms with Gasteiger partial charge in [0.05, 0.1) is 6.04 Å². The molecule has 3 heterocycles. The van der Waals surface area contributed by atoms with E-state index in [4.69, 9.17) is 15.5 Å².